The van der Waals surface area contributed by atoms with Gasteiger partial charge in [0, 0.05) is 6.20 Å². The highest BCUT2D eigenvalue weighted by atomic mass is 19.1. The molecule has 32 heavy (non-hydrogen) atoms. The molecule has 3 aromatic heterocycles. The van der Waals surface area contributed by atoms with Crippen molar-refractivity contribution in [2.24, 2.45) is 0 Å². The average Bonchev–Trinajstić information content (AvgIpc) is 3.22. The van der Waals surface area contributed by atoms with Crippen LogP contribution in [0.15, 0.2) is 48.9 Å². The first kappa shape index (κ1) is 21.6. The zero-order valence-corrected chi connectivity index (χ0v) is 18.5. The quantitative estimate of drug-likeness (QED) is 0.468. The van der Waals surface area contributed by atoms with E-state index in [-0.39, 0.29) is 18.5 Å². The molecule has 0 radical (unpaired) electrons. The molecule has 0 bridgehead atoms. The number of aliphatic hydroxyl groups excluding tert-OH is 1. The lowest BCUT2D eigenvalue weighted by Gasteiger charge is -2.17. The predicted molar refractivity (Wildman–Crippen MR) is 121 cm³/mol. The number of aliphatic hydroxyl groups is 1. The Hall–Kier alpha value is -3.65. The summed E-state index contributed by atoms with van der Waals surface area (Å²) in [7, 11) is 0. The lowest BCUT2D eigenvalue weighted by atomic mass is 10.1. The molecule has 2 N–H and O–H groups in total. The summed E-state index contributed by atoms with van der Waals surface area (Å²) < 4.78 is 15.7. The van der Waals surface area contributed by atoms with Crippen molar-refractivity contribution in [3.05, 3.63) is 82.8 Å². The molecular weight excluding hydrogens is 407 g/mol. The van der Waals surface area contributed by atoms with Gasteiger partial charge in [0.2, 0.25) is 0 Å². The minimum absolute atomic E-state index is 0.138. The van der Waals surface area contributed by atoms with Gasteiger partial charge in [0.25, 0.3) is 0 Å². The second-order valence-corrected chi connectivity index (χ2v) is 7.88. The van der Waals surface area contributed by atoms with E-state index in [1.54, 1.807) is 19.3 Å². The van der Waals surface area contributed by atoms with Crippen molar-refractivity contribution in [2.45, 2.75) is 40.3 Å². The second kappa shape index (κ2) is 8.84. The number of imidazole rings is 1. The van der Waals surface area contributed by atoms with Crippen LogP contribution in [0.2, 0.25) is 0 Å². The molecule has 1 aromatic carbocycles. The molecular formula is C24H25FN6O. The Kier molecular flexibility index (Phi) is 5.96. The SMILES string of the molecule is Cc1cn(-c2ccc(-c3cc(C)c(N[C@@H](C)c4ccc(C)c(F)c4)nn3)nc2CO)cn1. The third-order valence-electron chi connectivity index (χ3n) is 5.39. The van der Waals surface area contributed by atoms with E-state index in [4.69, 9.17) is 0 Å². The Bertz CT molecular complexity index is 1270. The molecule has 0 saturated carbocycles. The van der Waals surface area contributed by atoms with Crippen molar-refractivity contribution in [3.8, 4) is 17.1 Å². The Morgan fingerprint density at radius 3 is 2.50 bits per heavy atom. The van der Waals surface area contributed by atoms with Crippen molar-refractivity contribution < 1.29 is 9.50 Å². The van der Waals surface area contributed by atoms with Gasteiger partial charge < -0.3 is 15.0 Å². The van der Waals surface area contributed by atoms with Crippen molar-refractivity contribution in [1.82, 2.24) is 24.7 Å². The number of pyridine rings is 1. The van der Waals surface area contributed by atoms with Gasteiger partial charge in [0.15, 0.2) is 5.82 Å². The van der Waals surface area contributed by atoms with Crippen molar-refractivity contribution in [2.75, 3.05) is 5.32 Å². The van der Waals surface area contributed by atoms with Crippen LogP contribution in [0.4, 0.5) is 10.2 Å². The summed E-state index contributed by atoms with van der Waals surface area (Å²) in [5, 5.41) is 21.8. The molecule has 0 aliphatic carbocycles. The van der Waals surface area contributed by atoms with Crippen LogP contribution in [0.5, 0.6) is 0 Å². The van der Waals surface area contributed by atoms with Gasteiger partial charge in [-0.05, 0) is 68.7 Å². The van der Waals surface area contributed by atoms with E-state index in [0.717, 1.165) is 22.5 Å². The number of benzene rings is 1. The number of nitrogens with zero attached hydrogens (tertiary/aromatic N) is 5. The van der Waals surface area contributed by atoms with Crippen LogP contribution < -0.4 is 5.32 Å². The van der Waals surface area contributed by atoms with E-state index >= 15 is 0 Å². The first-order valence-corrected chi connectivity index (χ1v) is 10.3. The summed E-state index contributed by atoms with van der Waals surface area (Å²) in [5.74, 6) is 0.393. The van der Waals surface area contributed by atoms with E-state index in [0.29, 0.717) is 28.5 Å². The maximum Gasteiger partial charge on any atom is 0.152 e. The van der Waals surface area contributed by atoms with Crippen LogP contribution in [0.3, 0.4) is 0 Å². The number of aryl methyl sites for hydroxylation is 3. The molecule has 164 valence electrons. The van der Waals surface area contributed by atoms with Gasteiger partial charge in [-0.25, -0.2) is 14.4 Å². The number of halogens is 1. The molecule has 8 heteroatoms. The zero-order valence-electron chi connectivity index (χ0n) is 18.5. The number of hydrogen-bond donors (Lipinski definition) is 2. The van der Waals surface area contributed by atoms with Gasteiger partial charge in [-0.2, -0.15) is 0 Å². The molecule has 0 fully saturated rings. The van der Waals surface area contributed by atoms with Crippen molar-refractivity contribution in [1.29, 1.82) is 0 Å². The monoisotopic (exact) mass is 432 g/mol. The molecule has 7 nitrogen and oxygen atoms in total. The Morgan fingerprint density at radius 2 is 1.84 bits per heavy atom. The lowest BCUT2D eigenvalue weighted by Crippen LogP contribution is -2.11. The highest BCUT2D eigenvalue weighted by Gasteiger charge is 2.14. The van der Waals surface area contributed by atoms with E-state index in [1.807, 2.05) is 55.8 Å². The van der Waals surface area contributed by atoms with Crippen LogP contribution in [-0.2, 0) is 6.61 Å². The minimum Gasteiger partial charge on any atom is -0.390 e. The molecule has 0 saturated heterocycles. The lowest BCUT2D eigenvalue weighted by molar-refractivity contribution is 0.276. The van der Waals surface area contributed by atoms with E-state index < -0.39 is 0 Å². The molecule has 0 unspecified atom stereocenters. The van der Waals surface area contributed by atoms with Gasteiger partial charge in [0.1, 0.15) is 11.5 Å². The minimum atomic E-state index is -0.227. The van der Waals surface area contributed by atoms with Crippen molar-refractivity contribution >= 4 is 5.82 Å². The third kappa shape index (κ3) is 4.36. The summed E-state index contributed by atoms with van der Waals surface area (Å²) in [4.78, 5) is 8.81. The zero-order chi connectivity index (χ0) is 22.8. The van der Waals surface area contributed by atoms with Gasteiger partial charge in [-0.3, -0.25) is 0 Å². The summed E-state index contributed by atoms with van der Waals surface area (Å²) in [6.45, 7) is 7.31. The Morgan fingerprint density at radius 1 is 1.03 bits per heavy atom. The maximum absolute atomic E-state index is 13.9. The predicted octanol–water partition coefficient (Wildman–Crippen LogP) is 4.45. The molecule has 0 aliphatic heterocycles. The first-order chi connectivity index (χ1) is 15.4. The fourth-order valence-electron chi connectivity index (χ4n) is 3.46. The van der Waals surface area contributed by atoms with Crippen LogP contribution in [0, 0.1) is 26.6 Å². The molecule has 4 rings (SSSR count). The smallest absolute Gasteiger partial charge is 0.152 e. The number of anilines is 1. The molecule has 3 heterocycles. The Labute approximate surface area is 186 Å². The maximum atomic E-state index is 13.9. The number of hydrogen-bond acceptors (Lipinski definition) is 6. The summed E-state index contributed by atoms with van der Waals surface area (Å²) in [6.07, 6.45) is 3.57. The van der Waals surface area contributed by atoms with E-state index in [1.165, 1.54) is 6.07 Å². The van der Waals surface area contributed by atoms with E-state index in [9.17, 15) is 9.50 Å². The summed E-state index contributed by atoms with van der Waals surface area (Å²) in [5.41, 5.74) is 5.72. The molecule has 4 aromatic rings. The highest BCUT2D eigenvalue weighted by molar-refractivity contribution is 5.60. The third-order valence-corrected chi connectivity index (χ3v) is 5.39. The fraction of sp³-hybridized carbons (Fsp3) is 0.250. The molecule has 0 amide bonds. The number of rotatable bonds is 6. The van der Waals surface area contributed by atoms with Crippen molar-refractivity contribution in [3.63, 3.8) is 0 Å². The summed E-state index contributed by atoms with van der Waals surface area (Å²) in [6, 6.07) is 10.7. The van der Waals surface area contributed by atoms with Crippen LogP contribution in [0.1, 0.15) is 41.0 Å². The van der Waals surface area contributed by atoms with Gasteiger partial charge in [-0.1, -0.05) is 12.1 Å². The van der Waals surface area contributed by atoms with Gasteiger partial charge in [0.05, 0.1) is 41.7 Å². The molecule has 0 spiro atoms. The number of nitrogens with one attached hydrogen (secondary N) is 1. The van der Waals surface area contributed by atoms with Gasteiger partial charge >= 0.3 is 0 Å². The van der Waals surface area contributed by atoms with Crippen LogP contribution in [-0.4, -0.2) is 29.8 Å². The van der Waals surface area contributed by atoms with Crippen LogP contribution >= 0.6 is 0 Å². The standard InChI is InChI=1S/C24H25FN6O/c1-14-5-6-18(10-19(14)25)17(4)27-24-15(2)9-21(29-30-24)20-7-8-23(22(12-32)28-20)31-11-16(3)26-13-31/h5-11,13,17,32H,12H2,1-4H3,(H,27,30)/t17-/m0/s1. The normalized spacial score (nSPS) is 12.1. The highest BCUT2D eigenvalue weighted by Crippen LogP contribution is 2.25. The fourth-order valence-corrected chi connectivity index (χ4v) is 3.46. The first-order valence-electron chi connectivity index (χ1n) is 10.3. The Balaban J connectivity index is 1.58. The second-order valence-electron chi connectivity index (χ2n) is 7.88. The summed E-state index contributed by atoms with van der Waals surface area (Å²) >= 11 is 0. The largest absolute Gasteiger partial charge is 0.390 e. The van der Waals surface area contributed by atoms with Gasteiger partial charge in [-0.15, -0.1) is 10.2 Å². The number of aromatic nitrogens is 5. The van der Waals surface area contributed by atoms with Crippen LogP contribution in [0.25, 0.3) is 17.1 Å². The molecule has 0 aliphatic rings. The topological polar surface area (TPSA) is 88.8 Å². The molecule has 1 atom stereocenters. The van der Waals surface area contributed by atoms with E-state index in [2.05, 4.69) is 25.5 Å². The average molecular weight is 433 g/mol.